The van der Waals surface area contributed by atoms with Gasteiger partial charge in [0.1, 0.15) is 11.9 Å². The Labute approximate surface area is 189 Å². The highest BCUT2D eigenvalue weighted by molar-refractivity contribution is 5.94. The Balaban J connectivity index is 1.94. The number of carbonyl (C=O) groups is 1. The lowest BCUT2D eigenvalue weighted by Crippen LogP contribution is -2.31. The first-order chi connectivity index (χ1) is 15.7. The molecule has 7 nitrogen and oxygen atoms in total. The number of hydrogen-bond donors (Lipinski definition) is 0. The van der Waals surface area contributed by atoms with E-state index < -0.39 is 41.0 Å². The van der Waals surface area contributed by atoms with Crippen molar-refractivity contribution in [1.82, 2.24) is 24.6 Å². The second kappa shape index (κ2) is 8.77. The standard InChI is InChI=1S/C21H16F6N6O/c1-11(18-30-12(2)33(31-18)17-5-4-13(9-28)10-29-17)32(3)19(34)14-6-15(20(22,23)24)8-16(7-14)21(25,26)27/h4-8,10-11H,1-3H3. The molecule has 0 aliphatic rings. The molecule has 2 aromatic heterocycles. The van der Waals surface area contributed by atoms with Crippen LogP contribution in [0.3, 0.4) is 0 Å². The molecule has 1 amide bonds. The summed E-state index contributed by atoms with van der Waals surface area (Å²) in [6.07, 6.45) is -8.83. The van der Waals surface area contributed by atoms with Crippen LogP contribution in [0, 0.1) is 18.3 Å². The van der Waals surface area contributed by atoms with Crippen LogP contribution in [-0.4, -0.2) is 37.6 Å². The lowest BCUT2D eigenvalue weighted by atomic mass is 10.0. The summed E-state index contributed by atoms with van der Waals surface area (Å²) in [4.78, 5) is 22.1. The zero-order chi connectivity index (χ0) is 25.4. The van der Waals surface area contributed by atoms with Crippen molar-refractivity contribution in [2.24, 2.45) is 0 Å². The van der Waals surface area contributed by atoms with Gasteiger partial charge in [-0.05, 0) is 44.2 Å². The highest BCUT2D eigenvalue weighted by Crippen LogP contribution is 2.36. The zero-order valence-electron chi connectivity index (χ0n) is 17.9. The van der Waals surface area contributed by atoms with Gasteiger partial charge in [0.15, 0.2) is 11.6 Å². The van der Waals surface area contributed by atoms with E-state index in [2.05, 4.69) is 15.1 Å². The van der Waals surface area contributed by atoms with Gasteiger partial charge in [0.05, 0.1) is 22.7 Å². The molecule has 0 bridgehead atoms. The third-order valence-corrected chi connectivity index (χ3v) is 4.99. The van der Waals surface area contributed by atoms with E-state index in [1.54, 1.807) is 6.92 Å². The molecule has 0 radical (unpaired) electrons. The van der Waals surface area contributed by atoms with Crippen LogP contribution in [0.15, 0.2) is 36.5 Å². The number of alkyl halides is 6. The molecule has 3 aromatic rings. The van der Waals surface area contributed by atoms with Crippen LogP contribution in [0.25, 0.3) is 5.82 Å². The van der Waals surface area contributed by atoms with E-state index in [1.165, 1.54) is 37.0 Å². The van der Waals surface area contributed by atoms with Gasteiger partial charge in [-0.15, -0.1) is 5.10 Å². The second-order valence-corrected chi connectivity index (χ2v) is 7.33. The first-order valence-corrected chi connectivity index (χ1v) is 9.59. The Hall–Kier alpha value is -3.95. The quantitative estimate of drug-likeness (QED) is 0.503. The number of halogens is 6. The van der Waals surface area contributed by atoms with E-state index in [0.717, 1.165) is 4.90 Å². The number of carbonyl (C=O) groups excluding carboxylic acids is 1. The molecule has 1 atom stereocenters. The van der Waals surface area contributed by atoms with Gasteiger partial charge in [0.2, 0.25) is 0 Å². The zero-order valence-corrected chi connectivity index (χ0v) is 17.9. The minimum absolute atomic E-state index is 0.0443. The van der Waals surface area contributed by atoms with Crippen LogP contribution in [-0.2, 0) is 12.4 Å². The van der Waals surface area contributed by atoms with Gasteiger partial charge in [0.25, 0.3) is 5.91 Å². The van der Waals surface area contributed by atoms with Crippen molar-refractivity contribution in [2.45, 2.75) is 32.2 Å². The summed E-state index contributed by atoms with van der Waals surface area (Å²) in [6.45, 7) is 3.06. The molecule has 13 heteroatoms. The third-order valence-electron chi connectivity index (χ3n) is 4.99. The number of pyridine rings is 1. The second-order valence-electron chi connectivity index (χ2n) is 7.33. The first-order valence-electron chi connectivity index (χ1n) is 9.59. The monoisotopic (exact) mass is 482 g/mol. The Morgan fingerprint density at radius 3 is 2.15 bits per heavy atom. The van der Waals surface area contributed by atoms with Gasteiger partial charge in [-0.2, -0.15) is 36.3 Å². The molecular formula is C21H16F6N6O. The van der Waals surface area contributed by atoms with Gasteiger partial charge in [-0.25, -0.2) is 9.97 Å². The molecule has 0 fully saturated rings. The Bertz CT molecular complexity index is 1220. The predicted molar refractivity (Wildman–Crippen MR) is 106 cm³/mol. The van der Waals surface area contributed by atoms with Gasteiger partial charge >= 0.3 is 12.4 Å². The van der Waals surface area contributed by atoms with Gasteiger partial charge in [-0.1, -0.05) is 0 Å². The van der Waals surface area contributed by atoms with Crippen LogP contribution in [0.1, 0.15) is 51.7 Å². The SMILES string of the molecule is Cc1nc(C(C)N(C)C(=O)c2cc(C(F)(F)F)cc(C(F)(F)F)c2)nn1-c1ccc(C#N)cn1. The molecular weight excluding hydrogens is 466 g/mol. The predicted octanol–water partition coefficient (Wildman–Crippen LogP) is 4.71. The van der Waals surface area contributed by atoms with E-state index >= 15 is 0 Å². The van der Waals surface area contributed by atoms with Crippen molar-refractivity contribution in [3.63, 3.8) is 0 Å². The fourth-order valence-electron chi connectivity index (χ4n) is 3.01. The Morgan fingerprint density at radius 2 is 1.68 bits per heavy atom. The molecule has 3 rings (SSSR count). The highest BCUT2D eigenvalue weighted by Gasteiger charge is 2.38. The molecule has 0 N–H and O–H groups in total. The summed E-state index contributed by atoms with van der Waals surface area (Å²) in [6, 6.07) is 4.74. The van der Waals surface area contributed by atoms with Crippen LogP contribution >= 0.6 is 0 Å². The summed E-state index contributed by atoms with van der Waals surface area (Å²) in [7, 11) is 1.22. The average molecular weight is 482 g/mol. The topological polar surface area (TPSA) is 87.7 Å². The smallest absolute Gasteiger partial charge is 0.332 e. The lowest BCUT2D eigenvalue weighted by molar-refractivity contribution is -0.143. The number of amides is 1. The molecule has 0 aliphatic carbocycles. The van der Waals surface area contributed by atoms with E-state index in [0.29, 0.717) is 29.3 Å². The average Bonchev–Trinajstić information content (AvgIpc) is 3.17. The molecule has 0 saturated heterocycles. The molecule has 1 unspecified atom stereocenters. The largest absolute Gasteiger partial charge is 0.416 e. The number of nitriles is 1. The molecule has 1 aromatic carbocycles. The fraction of sp³-hybridized carbons (Fsp3) is 0.286. The fourth-order valence-corrected chi connectivity index (χ4v) is 3.01. The Kier molecular flexibility index (Phi) is 6.37. The number of benzene rings is 1. The van der Waals surface area contributed by atoms with Crippen molar-refractivity contribution in [3.8, 4) is 11.9 Å². The number of aromatic nitrogens is 4. The van der Waals surface area contributed by atoms with Gasteiger partial charge < -0.3 is 4.90 Å². The van der Waals surface area contributed by atoms with E-state index in [1.807, 2.05) is 6.07 Å². The molecule has 34 heavy (non-hydrogen) atoms. The van der Waals surface area contributed by atoms with Crippen molar-refractivity contribution < 1.29 is 31.1 Å². The minimum Gasteiger partial charge on any atom is -0.332 e. The molecule has 0 aliphatic heterocycles. The van der Waals surface area contributed by atoms with Crippen LogP contribution in [0.5, 0.6) is 0 Å². The molecule has 0 spiro atoms. The highest BCUT2D eigenvalue weighted by atomic mass is 19.4. The summed E-state index contributed by atoms with van der Waals surface area (Å²) >= 11 is 0. The summed E-state index contributed by atoms with van der Waals surface area (Å²) < 4.78 is 80.2. The molecule has 2 heterocycles. The first kappa shape index (κ1) is 24.7. The normalized spacial score (nSPS) is 12.8. The van der Waals surface area contributed by atoms with Crippen LogP contribution < -0.4 is 0 Å². The third kappa shape index (κ3) is 5.00. The maximum atomic E-state index is 13.1. The van der Waals surface area contributed by atoms with Crippen molar-refractivity contribution in [3.05, 3.63) is 70.4 Å². The maximum absolute atomic E-state index is 13.1. The summed E-state index contributed by atoms with van der Waals surface area (Å²) in [5.74, 6) is -0.306. The van der Waals surface area contributed by atoms with Gasteiger partial charge in [-0.3, -0.25) is 4.79 Å². The number of hydrogen-bond acceptors (Lipinski definition) is 5. The number of aryl methyl sites for hydroxylation is 1. The van der Waals surface area contributed by atoms with E-state index in [-0.39, 0.29) is 11.9 Å². The van der Waals surface area contributed by atoms with E-state index in [4.69, 9.17) is 5.26 Å². The van der Waals surface area contributed by atoms with Crippen LogP contribution in [0.2, 0.25) is 0 Å². The summed E-state index contributed by atoms with van der Waals surface area (Å²) in [5.41, 5.74) is -3.63. The van der Waals surface area contributed by atoms with E-state index in [9.17, 15) is 31.1 Å². The lowest BCUT2D eigenvalue weighted by Gasteiger charge is -2.23. The Morgan fingerprint density at radius 1 is 1.09 bits per heavy atom. The van der Waals surface area contributed by atoms with Crippen molar-refractivity contribution >= 4 is 5.91 Å². The van der Waals surface area contributed by atoms with Gasteiger partial charge in [0, 0.05) is 18.8 Å². The number of rotatable bonds is 4. The molecule has 178 valence electrons. The molecule has 0 saturated carbocycles. The number of nitrogens with zero attached hydrogens (tertiary/aromatic N) is 6. The maximum Gasteiger partial charge on any atom is 0.416 e. The van der Waals surface area contributed by atoms with Crippen molar-refractivity contribution in [1.29, 1.82) is 5.26 Å². The summed E-state index contributed by atoms with van der Waals surface area (Å²) in [5, 5.41) is 13.1. The van der Waals surface area contributed by atoms with Crippen LogP contribution in [0.4, 0.5) is 26.3 Å². The van der Waals surface area contributed by atoms with Crippen molar-refractivity contribution in [2.75, 3.05) is 7.05 Å². The minimum atomic E-state index is -5.08.